The smallest absolute Gasteiger partial charge is 0.281 e. The van der Waals surface area contributed by atoms with Crippen LogP contribution in [0.3, 0.4) is 0 Å². The molecule has 4 rings (SSSR count). The van der Waals surface area contributed by atoms with Crippen molar-refractivity contribution in [2.75, 3.05) is 13.2 Å². The van der Waals surface area contributed by atoms with Crippen molar-refractivity contribution < 1.29 is 14.3 Å². The van der Waals surface area contributed by atoms with Gasteiger partial charge >= 0.3 is 0 Å². The monoisotopic (exact) mass is 297 g/mol. The third kappa shape index (κ3) is 1.99. The summed E-state index contributed by atoms with van der Waals surface area (Å²) < 4.78 is 5.52. The van der Waals surface area contributed by atoms with Crippen LogP contribution < -0.4 is 0 Å². The number of ether oxygens (including phenoxy) is 1. The zero-order valence-electron chi connectivity index (χ0n) is 12.2. The highest BCUT2D eigenvalue weighted by Crippen LogP contribution is 2.25. The molecular weight excluding hydrogens is 282 g/mol. The Morgan fingerprint density at radius 1 is 1.18 bits per heavy atom. The van der Waals surface area contributed by atoms with Crippen LogP contribution in [0.2, 0.25) is 0 Å². The maximum Gasteiger partial charge on any atom is 0.281 e. The predicted octanol–water partition coefficient (Wildman–Crippen LogP) is 1.71. The van der Waals surface area contributed by atoms with E-state index in [0.717, 1.165) is 18.4 Å². The highest BCUT2D eigenvalue weighted by atomic mass is 16.5. The van der Waals surface area contributed by atoms with Gasteiger partial charge in [-0.25, -0.2) is 9.97 Å². The molecule has 0 radical (unpaired) electrons. The average Bonchev–Trinajstić information content (AvgIpc) is 3.09. The molecule has 0 saturated carbocycles. The van der Waals surface area contributed by atoms with E-state index >= 15 is 0 Å². The normalized spacial score (nSPS) is 21.0. The number of rotatable bonds is 2. The first-order chi connectivity index (χ1) is 10.6. The van der Waals surface area contributed by atoms with Crippen molar-refractivity contribution >= 4 is 22.8 Å². The number of carbonyl (C=O) groups is 2. The van der Waals surface area contributed by atoms with E-state index in [1.807, 2.05) is 25.1 Å². The lowest BCUT2D eigenvalue weighted by Gasteiger charge is -2.17. The summed E-state index contributed by atoms with van der Waals surface area (Å²) in [5.74, 6) is -0.739. The van der Waals surface area contributed by atoms with Crippen LogP contribution >= 0.6 is 0 Å². The number of imide groups is 1. The number of aryl methyl sites for hydroxylation is 1. The van der Waals surface area contributed by atoms with Crippen molar-refractivity contribution in [1.82, 2.24) is 14.9 Å². The maximum absolute atomic E-state index is 12.5. The van der Waals surface area contributed by atoms with E-state index in [0.29, 0.717) is 17.6 Å². The molecule has 3 heterocycles. The number of hydrogen-bond donors (Lipinski definition) is 0. The van der Waals surface area contributed by atoms with Gasteiger partial charge in [-0.2, -0.15) is 0 Å². The van der Waals surface area contributed by atoms with Gasteiger partial charge in [0.1, 0.15) is 0 Å². The molecule has 1 fully saturated rings. The van der Waals surface area contributed by atoms with Crippen LogP contribution in [0.5, 0.6) is 0 Å². The van der Waals surface area contributed by atoms with E-state index in [1.165, 1.54) is 4.90 Å². The van der Waals surface area contributed by atoms with Gasteiger partial charge in [0.2, 0.25) is 0 Å². The van der Waals surface area contributed by atoms with Gasteiger partial charge in [-0.15, -0.1) is 0 Å². The third-order valence-electron chi connectivity index (χ3n) is 4.13. The van der Waals surface area contributed by atoms with Crippen LogP contribution in [-0.2, 0) is 4.74 Å². The largest absolute Gasteiger partial charge is 0.376 e. The molecule has 6 nitrogen and oxygen atoms in total. The highest BCUT2D eigenvalue weighted by molar-refractivity contribution is 6.20. The maximum atomic E-state index is 12.5. The second-order valence-electron chi connectivity index (χ2n) is 5.77. The van der Waals surface area contributed by atoms with Crippen LogP contribution in [0.15, 0.2) is 18.2 Å². The van der Waals surface area contributed by atoms with Gasteiger partial charge in [-0.05, 0) is 37.5 Å². The molecule has 2 aromatic rings. The minimum atomic E-state index is -0.370. The number of aromatic nitrogens is 2. The number of amides is 2. The summed E-state index contributed by atoms with van der Waals surface area (Å²) in [7, 11) is 0. The second kappa shape index (κ2) is 4.84. The van der Waals surface area contributed by atoms with Crippen LogP contribution in [0.25, 0.3) is 11.0 Å². The van der Waals surface area contributed by atoms with Gasteiger partial charge in [0.05, 0.1) is 23.7 Å². The van der Waals surface area contributed by atoms with Crippen molar-refractivity contribution in [2.45, 2.75) is 25.9 Å². The fourth-order valence-corrected chi connectivity index (χ4v) is 2.97. The topological polar surface area (TPSA) is 72.4 Å². The number of nitrogens with zero attached hydrogens (tertiary/aromatic N) is 3. The molecule has 112 valence electrons. The predicted molar refractivity (Wildman–Crippen MR) is 78.6 cm³/mol. The fourth-order valence-electron chi connectivity index (χ4n) is 2.97. The molecule has 1 aromatic carbocycles. The number of benzene rings is 1. The minimum absolute atomic E-state index is 0.0705. The lowest BCUT2D eigenvalue weighted by atomic mass is 10.2. The number of hydrogen-bond acceptors (Lipinski definition) is 5. The molecule has 22 heavy (non-hydrogen) atoms. The lowest BCUT2D eigenvalue weighted by Crippen LogP contribution is -2.36. The van der Waals surface area contributed by atoms with Crippen molar-refractivity contribution in [3.05, 3.63) is 35.2 Å². The Kier molecular flexibility index (Phi) is 2.94. The Morgan fingerprint density at radius 2 is 1.91 bits per heavy atom. The standard InChI is InChI=1S/C16H15N3O3/c1-9-4-5-11-12(7-9)18-14-13(17-11)15(20)19(16(14)21)8-10-3-2-6-22-10/h4-5,7,10H,2-3,6,8H2,1H3/t10-/m1/s1. The minimum Gasteiger partial charge on any atom is -0.376 e. The van der Waals surface area contributed by atoms with Gasteiger partial charge in [-0.1, -0.05) is 6.07 Å². The molecule has 1 saturated heterocycles. The zero-order chi connectivity index (χ0) is 15.3. The molecule has 0 N–H and O–H groups in total. The summed E-state index contributed by atoms with van der Waals surface area (Å²) in [6.45, 7) is 2.92. The quantitative estimate of drug-likeness (QED) is 0.789. The Hall–Kier alpha value is -2.34. The summed E-state index contributed by atoms with van der Waals surface area (Å²) in [6.07, 6.45) is 1.77. The van der Waals surface area contributed by atoms with Gasteiger partial charge in [0.25, 0.3) is 11.8 Å². The molecule has 0 spiro atoms. The van der Waals surface area contributed by atoms with E-state index in [-0.39, 0.29) is 35.9 Å². The first-order valence-corrected chi connectivity index (χ1v) is 7.40. The van der Waals surface area contributed by atoms with Gasteiger partial charge in [-0.3, -0.25) is 14.5 Å². The van der Waals surface area contributed by atoms with E-state index in [1.54, 1.807) is 0 Å². The Labute approximate surface area is 127 Å². The summed E-state index contributed by atoms with van der Waals surface area (Å²) >= 11 is 0. The molecule has 2 aliphatic rings. The molecule has 0 aliphatic carbocycles. The Balaban J connectivity index is 1.74. The molecule has 2 amide bonds. The van der Waals surface area contributed by atoms with Crippen molar-refractivity contribution in [3.63, 3.8) is 0 Å². The van der Waals surface area contributed by atoms with Crippen LogP contribution in [0.1, 0.15) is 39.4 Å². The summed E-state index contributed by atoms with van der Waals surface area (Å²) in [5.41, 5.74) is 2.61. The van der Waals surface area contributed by atoms with Gasteiger partial charge in [0.15, 0.2) is 11.4 Å². The molecule has 1 atom stereocenters. The van der Waals surface area contributed by atoms with Crippen molar-refractivity contribution in [1.29, 1.82) is 0 Å². The van der Waals surface area contributed by atoms with Crippen LogP contribution in [-0.4, -0.2) is 45.9 Å². The summed E-state index contributed by atoms with van der Waals surface area (Å²) in [6, 6.07) is 5.59. The molecule has 0 unspecified atom stereocenters. The molecule has 2 aliphatic heterocycles. The van der Waals surface area contributed by atoms with E-state index < -0.39 is 0 Å². The SMILES string of the molecule is Cc1ccc2nc3c(nc2c1)C(=O)N(C[C@H]1CCCO1)C3=O. The fraction of sp³-hybridized carbons (Fsp3) is 0.375. The van der Waals surface area contributed by atoms with Gasteiger partial charge in [0, 0.05) is 6.61 Å². The first-order valence-electron chi connectivity index (χ1n) is 7.40. The second-order valence-corrected chi connectivity index (χ2v) is 5.77. The number of fused-ring (bicyclic) bond motifs is 2. The number of carbonyl (C=O) groups excluding carboxylic acids is 2. The molecule has 0 bridgehead atoms. The van der Waals surface area contributed by atoms with E-state index in [2.05, 4.69) is 9.97 Å². The van der Waals surface area contributed by atoms with Crippen molar-refractivity contribution in [2.24, 2.45) is 0 Å². The molecule has 6 heteroatoms. The average molecular weight is 297 g/mol. The summed E-state index contributed by atoms with van der Waals surface area (Å²) in [4.78, 5) is 34.8. The molecule has 1 aromatic heterocycles. The third-order valence-corrected chi connectivity index (χ3v) is 4.13. The zero-order valence-corrected chi connectivity index (χ0v) is 12.2. The van der Waals surface area contributed by atoms with Crippen LogP contribution in [0, 0.1) is 6.92 Å². The first kappa shape index (κ1) is 13.3. The van der Waals surface area contributed by atoms with Crippen molar-refractivity contribution in [3.8, 4) is 0 Å². The van der Waals surface area contributed by atoms with E-state index in [4.69, 9.17) is 4.74 Å². The Bertz CT molecular complexity index is 797. The van der Waals surface area contributed by atoms with Gasteiger partial charge < -0.3 is 4.74 Å². The molecular formula is C16H15N3O3. The Morgan fingerprint density at radius 3 is 2.59 bits per heavy atom. The van der Waals surface area contributed by atoms with E-state index in [9.17, 15) is 9.59 Å². The van der Waals surface area contributed by atoms with Crippen LogP contribution in [0.4, 0.5) is 0 Å². The lowest BCUT2D eigenvalue weighted by molar-refractivity contribution is 0.0472. The summed E-state index contributed by atoms with van der Waals surface area (Å²) in [5, 5.41) is 0. The highest BCUT2D eigenvalue weighted by Gasteiger charge is 2.40.